The molecule has 0 bridgehead atoms. The van der Waals surface area contributed by atoms with Gasteiger partial charge in [0.25, 0.3) is 0 Å². The highest BCUT2D eigenvalue weighted by Gasteiger charge is 2.08. The van der Waals surface area contributed by atoms with Crippen LogP contribution in [0.1, 0.15) is 27.2 Å². The number of rotatable bonds is 4. The molecule has 1 aromatic carbocycles. The van der Waals surface area contributed by atoms with Gasteiger partial charge < -0.3 is 9.47 Å². The Morgan fingerprint density at radius 2 is 1.93 bits per heavy atom. The van der Waals surface area contributed by atoms with Crippen molar-refractivity contribution >= 4 is 28.3 Å². The van der Waals surface area contributed by atoms with E-state index in [0.29, 0.717) is 5.82 Å². The van der Waals surface area contributed by atoms with Crippen LogP contribution in [-0.4, -0.2) is 33.2 Å². The zero-order valence-electron chi connectivity index (χ0n) is 16.3. The minimum Gasteiger partial charge on any atom is -0.340 e. The number of nitrogens with zero attached hydrogens (tertiary/aromatic N) is 5. The first-order valence-corrected chi connectivity index (χ1v) is 9.14. The van der Waals surface area contributed by atoms with Gasteiger partial charge in [0, 0.05) is 37.4 Å². The van der Waals surface area contributed by atoms with Crippen LogP contribution >= 0.6 is 0 Å². The number of aliphatic imine (C=N–C) groups is 2. The van der Waals surface area contributed by atoms with E-state index in [1.165, 1.54) is 0 Å². The molecule has 138 valence electrons. The van der Waals surface area contributed by atoms with Gasteiger partial charge in [-0.25, -0.2) is 15.0 Å². The average molecular weight is 359 g/mol. The van der Waals surface area contributed by atoms with E-state index in [1.54, 1.807) is 0 Å². The molecule has 2 aromatic heterocycles. The molecule has 0 atom stereocenters. The molecule has 0 saturated heterocycles. The number of fused-ring (bicyclic) bond motifs is 1. The van der Waals surface area contributed by atoms with Crippen LogP contribution in [-0.2, 0) is 0 Å². The van der Waals surface area contributed by atoms with Crippen LogP contribution in [0.2, 0.25) is 0 Å². The molecule has 0 radical (unpaired) electrons. The Morgan fingerprint density at radius 3 is 2.63 bits per heavy atom. The fraction of sp³-hybridized carbons (Fsp3) is 0.227. The van der Waals surface area contributed by atoms with Crippen molar-refractivity contribution in [2.24, 2.45) is 9.98 Å². The van der Waals surface area contributed by atoms with Gasteiger partial charge in [0.1, 0.15) is 17.5 Å². The summed E-state index contributed by atoms with van der Waals surface area (Å²) in [7, 11) is 1.98. The number of amidine groups is 2. The third kappa shape index (κ3) is 4.31. The molecule has 0 saturated carbocycles. The first-order valence-electron chi connectivity index (χ1n) is 9.14. The van der Waals surface area contributed by atoms with Crippen molar-refractivity contribution in [2.45, 2.75) is 27.2 Å². The molecule has 0 spiro atoms. The highest BCUT2D eigenvalue weighted by Crippen LogP contribution is 2.25. The van der Waals surface area contributed by atoms with Gasteiger partial charge >= 0.3 is 0 Å². The molecule has 3 rings (SSSR count). The summed E-state index contributed by atoms with van der Waals surface area (Å²) < 4.78 is 2.02. The molecular formula is C22H25N5. The van der Waals surface area contributed by atoms with E-state index in [-0.39, 0.29) is 0 Å². The van der Waals surface area contributed by atoms with Crippen molar-refractivity contribution in [1.82, 2.24) is 14.5 Å². The van der Waals surface area contributed by atoms with Gasteiger partial charge in [0.05, 0.1) is 0 Å². The van der Waals surface area contributed by atoms with Crippen LogP contribution in [0.15, 0.2) is 77.1 Å². The molecule has 5 nitrogen and oxygen atoms in total. The Morgan fingerprint density at radius 1 is 1.19 bits per heavy atom. The minimum atomic E-state index is 0.666. The lowest BCUT2D eigenvalue weighted by molar-refractivity contribution is 0.682. The summed E-state index contributed by atoms with van der Waals surface area (Å²) in [4.78, 5) is 16.2. The Balaban J connectivity index is 2.08. The zero-order chi connectivity index (χ0) is 19.2. The van der Waals surface area contributed by atoms with Crippen molar-refractivity contribution in [3.8, 4) is 5.82 Å². The van der Waals surface area contributed by atoms with E-state index in [1.807, 2.05) is 85.4 Å². The molecule has 0 aliphatic heterocycles. The Kier molecular flexibility index (Phi) is 5.81. The molecule has 27 heavy (non-hydrogen) atoms. The average Bonchev–Trinajstić information content (AvgIpc) is 3.21. The first kappa shape index (κ1) is 18.6. The second kappa shape index (κ2) is 8.45. The van der Waals surface area contributed by atoms with E-state index in [9.17, 15) is 0 Å². The molecule has 0 fully saturated rings. The SMILES string of the molecule is CC=CN(C)C(C)=NC(CC)=Nc1cc2ccccc2c(-n2cccc2)n1. The number of hydrogen-bond acceptors (Lipinski definition) is 2. The van der Waals surface area contributed by atoms with Crippen LogP contribution < -0.4 is 0 Å². The lowest BCUT2D eigenvalue weighted by Crippen LogP contribution is -2.18. The van der Waals surface area contributed by atoms with Crippen LogP contribution in [0.4, 0.5) is 5.82 Å². The van der Waals surface area contributed by atoms with Crippen LogP contribution in [0.3, 0.4) is 0 Å². The third-order valence-corrected chi connectivity index (χ3v) is 4.29. The molecule has 0 aliphatic rings. The molecular weight excluding hydrogens is 334 g/mol. The largest absolute Gasteiger partial charge is 0.340 e. The quantitative estimate of drug-likeness (QED) is 0.466. The smallest absolute Gasteiger partial charge is 0.157 e. The number of hydrogen-bond donors (Lipinski definition) is 0. The highest BCUT2D eigenvalue weighted by molar-refractivity contribution is 5.98. The van der Waals surface area contributed by atoms with E-state index < -0.39 is 0 Å². The Bertz CT molecular complexity index is 997. The van der Waals surface area contributed by atoms with Crippen LogP contribution in [0, 0.1) is 0 Å². The minimum absolute atomic E-state index is 0.666. The number of allylic oxidation sites excluding steroid dienone is 1. The van der Waals surface area contributed by atoms with Gasteiger partial charge in [-0.1, -0.05) is 37.3 Å². The van der Waals surface area contributed by atoms with Gasteiger partial charge in [-0.15, -0.1) is 0 Å². The van der Waals surface area contributed by atoms with E-state index >= 15 is 0 Å². The predicted octanol–water partition coefficient (Wildman–Crippen LogP) is 5.35. The van der Waals surface area contributed by atoms with Crippen molar-refractivity contribution in [2.75, 3.05) is 7.05 Å². The normalized spacial score (nSPS) is 12.9. The number of aromatic nitrogens is 2. The van der Waals surface area contributed by atoms with Gasteiger partial charge in [-0.3, -0.25) is 0 Å². The molecule has 0 unspecified atom stereocenters. The molecule has 5 heteroatoms. The summed E-state index contributed by atoms with van der Waals surface area (Å²) in [5.41, 5.74) is 0. The second-order valence-corrected chi connectivity index (χ2v) is 6.25. The fourth-order valence-corrected chi connectivity index (χ4v) is 2.81. The standard InChI is InChI=1S/C22H25N5/c1-5-13-26(4)17(3)23-20(6-2)24-21-16-18-11-7-8-12-19(18)22(25-21)27-14-9-10-15-27/h5,7-16H,6H2,1-4H3. The van der Waals surface area contributed by atoms with Crippen molar-refractivity contribution in [3.63, 3.8) is 0 Å². The van der Waals surface area contributed by atoms with Gasteiger partial charge in [0.15, 0.2) is 5.82 Å². The van der Waals surface area contributed by atoms with E-state index in [2.05, 4.69) is 24.0 Å². The van der Waals surface area contributed by atoms with E-state index in [4.69, 9.17) is 9.98 Å². The van der Waals surface area contributed by atoms with Crippen LogP contribution in [0.5, 0.6) is 0 Å². The van der Waals surface area contributed by atoms with Crippen molar-refractivity contribution < 1.29 is 0 Å². The number of pyridine rings is 1. The summed E-state index contributed by atoms with van der Waals surface area (Å²) >= 11 is 0. The van der Waals surface area contributed by atoms with Crippen molar-refractivity contribution in [1.29, 1.82) is 0 Å². The van der Waals surface area contributed by atoms with Gasteiger partial charge in [-0.05, 0) is 37.4 Å². The Labute approximate surface area is 160 Å². The number of benzene rings is 1. The highest BCUT2D eigenvalue weighted by atomic mass is 15.2. The monoisotopic (exact) mass is 359 g/mol. The molecule has 0 aliphatic carbocycles. The first-order chi connectivity index (χ1) is 13.1. The Hall–Kier alpha value is -3.21. The van der Waals surface area contributed by atoms with Gasteiger partial charge in [0.2, 0.25) is 0 Å². The summed E-state index contributed by atoms with van der Waals surface area (Å²) in [6.45, 7) is 6.02. The topological polar surface area (TPSA) is 45.8 Å². The lowest BCUT2D eigenvalue weighted by Gasteiger charge is -2.13. The maximum absolute atomic E-state index is 4.80. The molecule has 2 heterocycles. The lowest BCUT2D eigenvalue weighted by atomic mass is 10.1. The maximum atomic E-state index is 4.80. The summed E-state index contributed by atoms with van der Waals surface area (Å²) in [6, 6.07) is 14.2. The summed E-state index contributed by atoms with van der Waals surface area (Å²) in [5.74, 6) is 3.18. The fourth-order valence-electron chi connectivity index (χ4n) is 2.81. The van der Waals surface area contributed by atoms with Gasteiger partial charge in [-0.2, -0.15) is 0 Å². The third-order valence-electron chi connectivity index (χ3n) is 4.29. The summed E-state index contributed by atoms with van der Waals surface area (Å²) in [6.07, 6.45) is 8.68. The molecule has 3 aromatic rings. The summed E-state index contributed by atoms with van der Waals surface area (Å²) in [5, 5.41) is 2.20. The second-order valence-electron chi connectivity index (χ2n) is 6.25. The van der Waals surface area contributed by atoms with E-state index in [0.717, 1.165) is 34.7 Å². The zero-order valence-corrected chi connectivity index (χ0v) is 16.3. The molecule has 0 amide bonds. The maximum Gasteiger partial charge on any atom is 0.157 e. The van der Waals surface area contributed by atoms with Crippen LogP contribution in [0.25, 0.3) is 16.6 Å². The molecule has 0 N–H and O–H groups in total. The predicted molar refractivity (Wildman–Crippen MR) is 114 cm³/mol. The van der Waals surface area contributed by atoms with Crippen molar-refractivity contribution in [3.05, 3.63) is 67.1 Å².